The van der Waals surface area contributed by atoms with Crippen LogP contribution in [-0.4, -0.2) is 63.9 Å². The van der Waals surface area contributed by atoms with Gasteiger partial charge in [-0.15, -0.1) is 0 Å². The maximum absolute atomic E-state index is 4.94. The second kappa shape index (κ2) is 23.1. The third-order valence-electron chi connectivity index (χ3n) is 11.9. The van der Waals surface area contributed by atoms with Crippen LogP contribution in [0.2, 0.25) is 0 Å². The number of azo groups is 3. The van der Waals surface area contributed by atoms with Crippen molar-refractivity contribution in [3.05, 3.63) is 158 Å². The predicted octanol–water partition coefficient (Wildman–Crippen LogP) is 10.8. The molecule has 1 saturated heterocycles. The van der Waals surface area contributed by atoms with Crippen molar-refractivity contribution < 1.29 is 9.13 Å². The second-order valence-electron chi connectivity index (χ2n) is 17.6. The molecular weight excluding hydrogens is 917 g/mol. The van der Waals surface area contributed by atoms with Gasteiger partial charge in [0.15, 0.2) is 0 Å². The Hall–Kier alpha value is -9.33. The molecule has 0 saturated carbocycles. The molecule has 1 unspecified atom stereocenters. The highest BCUT2D eigenvalue weighted by atomic mass is 15.4. The molecule has 0 amide bonds. The highest BCUT2D eigenvalue weighted by molar-refractivity contribution is 5.68. The van der Waals surface area contributed by atoms with E-state index in [2.05, 4.69) is 92.2 Å². The number of anilines is 10. The number of nitrogens with zero attached hydrogens (tertiary/aromatic N) is 15. The van der Waals surface area contributed by atoms with Crippen molar-refractivity contribution in [1.29, 1.82) is 0 Å². The first-order valence-corrected chi connectivity index (χ1v) is 24.0. The fourth-order valence-electron chi connectivity index (χ4n) is 7.82. The van der Waals surface area contributed by atoms with E-state index in [0.29, 0.717) is 43.4 Å². The maximum Gasteiger partial charge on any atom is 0.421 e. The van der Waals surface area contributed by atoms with Crippen molar-refractivity contribution >= 4 is 86.6 Å². The topological polar surface area (TPSA) is 197 Å². The van der Waals surface area contributed by atoms with E-state index in [1.165, 1.54) is 0 Å². The lowest BCUT2D eigenvalue weighted by Crippen LogP contribution is -2.47. The zero-order valence-corrected chi connectivity index (χ0v) is 41.8. The molecule has 1 fully saturated rings. The Bertz CT molecular complexity index is 2980. The minimum atomic E-state index is 0.300. The van der Waals surface area contributed by atoms with Gasteiger partial charge < -0.3 is 36.4 Å². The van der Waals surface area contributed by atoms with Crippen molar-refractivity contribution in [3.8, 4) is 0 Å². The van der Waals surface area contributed by atoms with Gasteiger partial charge in [0.1, 0.15) is 11.4 Å². The van der Waals surface area contributed by atoms with Crippen LogP contribution in [0.4, 0.5) is 86.6 Å². The van der Waals surface area contributed by atoms with Gasteiger partial charge >= 0.3 is 11.9 Å². The van der Waals surface area contributed by atoms with Crippen LogP contribution >= 0.6 is 0 Å². The SMILES string of the molecule is CNC=CC(C)CN=Nc1ccc(N2CCN(c3nc(Nc4ccc(Nc5ccc(N=Nc6n(C)cc[n+]6C)cc5)cc4)nc(Nc4ccc(Nc5ccc(N=Nc6n(C)cc[n+]6C)cc5)cc4)n3)CC2)cc1. The summed E-state index contributed by atoms with van der Waals surface area (Å²) in [4.78, 5) is 19.3. The fraction of sp³-hybridized carbons (Fsp3) is 0.226. The number of nitrogens with one attached hydrogen (secondary N) is 5. The minimum absolute atomic E-state index is 0.300. The average Bonchev–Trinajstić information content (AvgIpc) is 3.92. The van der Waals surface area contributed by atoms with Gasteiger partial charge in [-0.3, -0.25) is 0 Å². The lowest BCUT2D eigenvalue weighted by Gasteiger charge is -2.36. The number of aryl methyl sites for hydroxylation is 4. The number of aromatic nitrogens is 7. The molecule has 370 valence electrons. The summed E-state index contributed by atoms with van der Waals surface area (Å²) in [6.07, 6.45) is 11.8. The van der Waals surface area contributed by atoms with Crippen molar-refractivity contribution in [2.45, 2.75) is 6.92 Å². The molecule has 0 spiro atoms. The highest BCUT2D eigenvalue weighted by Crippen LogP contribution is 2.28. The summed E-state index contributed by atoms with van der Waals surface area (Å²) in [5.74, 6) is 3.22. The molecule has 1 aliphatic heterocycles. The second-order valence-corrected chi connectivity index (χ2v) is 17.6. The first-order chi connectivity index (χ1) is 35.6. The van der Waals surface area contributed by atoms with Gasteiger partial charge in [0.25, 0.3) is 0 Å². The molecular formula is C53H60N20+2. The third kappa shape index (κ3) is 13.1. The van der Waals surface area contributed by atoms with E-state index in [0.717, 1.165) is 81.9 Å². The van der Waals surface area contributed by atoms with Crippen LogP contribution in [-0.2, 0) is 28.2 Å². The van der Waals surface area contributed by atoms with Crippen LogP contribution in [0, 0.1) is 5.92 Å². The van der Waals surface area contributed by atoms with Gasteiger partial charge in [0.2, 0.25) is 17.8 Å². The summed E-state index contributed by atoms with van der Waals surface area (Å²) >= 11 is 0. The Kier molecular flexibility index (Phi) is 15.4. The van der Waals surface area contributed by atoms with Gasteiger partial charge in [-0.1, -0.05) is 23.2 Å². The summed E-state index contributed by atoms with van der Waals surface area (Å²) in [6.45, 7) is 5.75. The Morgan fingerprint density at radius 2 is 0.918 bits per heavy atom. The van der Waals surface area contributed by atoms with Crippen molar-refractivity contribution in [2.24, 2.45) is 64.8 Å². The van der Waals surface area contributed by atoms with E-state index in [-0.39, 0.29) is 0 Å². The zero-order valence-electron chi connectivity index (χ0n) is 41.8. The summed E-state index contributed by atoms with van der Waals surface area (Å²) in [6, 6.07) is 39.9. The van der Waals surface area contributed by atoms with Gasteiger partial charge in [0.05, 0.1) is 65.2 Å². The molecule has 20 nitrogen and oxygen atoms in total. The fourth-order valence-corrected chi connectivity index (χ4v) is 7.82. The molecule has 1 atom stereocenters. The Labute approximate surface area is 424 Å². The largest absolute Gasteiger partial charge is 0.421 e. The average molecular weight is 977 g/mol. The number of hydrogen-bond acceptors (Lipinski definition) is 16. The predicted molar refractivity (Wildman–Crippen MR) is 288 cm³/mol. The van der Waals surface area contributed by atoms with Crippen LogP contribution in [0.3, 0.4) is 0 Å². The number of benzene rings is 5. The standard InChI is InChI=1S/C53H58N20/c1-38(27-28-54-2)37-55-63-45-23-25-48(26-24-45)72-33-35-73(36-34-72)51-61-49(58-43-11-7-39(8-12-43)56-41-15-19-46(20-16-41)64-66-52-68(3)29-30-69(52)4)60-50(62-51)59-44-13-9-40(10-14-44)57-42-17-21-47(22-18-42)65-67-53-70(5)31-32-71(53)6/h7-32,38,54H,33-37H2,1-6H3,(H2,58,59,60,61,62,64,65)/p+2. The molecule has 0 aliphatic carbocycles. The van der Waals surface area contributed by atoms with Gasteiger partial charge in [0, 0.05) is 83.3 Å². The molecule has 9 rings (SSSR count). The molecule has 5 N–H and O–H groups in total. The zero-order chi connectivity index (χ0) is 50.5. The first kappa shape index (κ1) is 48.7. The van der Waals surface area contributed by atoms with E-state index in [9.17, 15) is 0 Å². The number of imidazole rings is 2. The van der Waals surface area contributed by atoms with E-state index in [4.69, 9.17) is 15.0 Å². The Morgan fingerprint density at radius 3 is 1.34 bits per heavy atom. The number of piperazine rings is 1. The summed E-state index contributed by atoms with van der Waals surface area (Å²) in [5.41, 5.74) is 8.82. The minimum Gasteiger partial charge on any atom is -0.394 e. The van der Waals surface area contributed by atoms with Gasteiger partial charge in [-0.2, -0.15) is 25.2 Å². The maximum atomic E-state index is 4.94. The molecule has 5 aromatic carbocycles. The van der Waals surface area contributed by atoms with Crippen molar-refractivity contribution in [2.75, 3.05) is 70.8 Å². The van der Waals surface area contributed by atoms with Crippen LogP contribution in [0.25, 0.3) is 0 Å². The molecule has 0 bridgehead atoms. The van der Waals surface area contributed by atoms with Crippen LogP contribution < -0.4 is 45.5 Å². The Morgan fingerprint density at radius 1 is 0.521 bits per heavy atom. The van der Waals surface area contributed by atoms with Crippen LogP contribution in [0.5, 0.6) is 0 Å². The summed E-state index contributed by atoms with van der Waals surface area (Å²) in [7, 11) is 9.65. The van der Waals surface area contributed by atoms with E-state index < -0.39 is 0 Å². The lowest BCUT2D eigenvalue weighted by molar-refractivity contribution is -0.657. The Balaban J connectivity index is 0.860. The molecule has 0 radical (unpaired) electrons. The van der Waals surface area contributed by atoms with Gasteiger partial charge in [-0.05, 0) is 133 Å². The van der Waals surface area contributed by atoms with Crippen molar-refractivity contribution in [3.63, 3.8) is 0 Å². The van der Waals surface area contributed by atoms with E-state index in [1.807, 2.05) is 194 Å². The molecule has 3 aromatic heterocycles. The molecule has 8 aromatic rings. The monoisotopic (exact) mass is 977 g/mol. The number of rotatable bonds is 19. The van der Waals surface area contributed by atoms with Crippen LogP contribution in [0.1, 0.15) is 6.92 Å². The smallest absolute Gasteiger partial charge is 0.394 e. The quantitative estimate of drug-likeness (QED) is 0.0384. The van der Waals surface area contributed by atoms with E-state index >= 15 is 0 Å². The molecule has 73 heavy (non-hydrogen) atoms. The molecule has 1 aliphatic rings. The first-order valence-electron chi connectivity index (χ1n) is 24.0. The van der Waals surface area contributed by atoms with E-state index in [1.54, 1.807) is 0 Å². The van der Waals surface area contributed by atoms with Crippen molar-refractivity contribution in [1.82, 2.24) is 29.4 Å². The van der Waals surface area contributed by atoms with Gasteiger partial charge in [-0.25, -0.2) is 18.3 Å². The highest BCUT2D eigenvalue weighted by Gasteiger charge is 2.22. The third-order valence-corrected chi connectivity index (χ3v) is 11.9. The summed E-state index contributed by atoms with van der Waals surface area (Å²) in [5, 5.41) is 43.3. The number of hydrogen-bond donors (Lipinski definition) is 5. The van der Waals surface area contributed by atoms with Crippen LogP contribution in [0.15, 0.2) is 189 Å². The lowest BCUT2D eigenvalue weighted by atomic mass is 10.2. The molecule has 20 heteroatoms. The molecule has 4 heterocycles. The summed E-state index contributed by atoms with van der Waals surface area (Å²) < 4.78 is 7.68. The normalized spacial score (nSPS) is 13.4.